The fraction of sp³-hybridized carbons (Fsp3) is 0.267. The SMILES string of the molecule is Cn1cc(C#N)c(NC(=O)C(C)(C)c2ccccc2)n1. The lowest BCUT2D eigenvalue weighted by atomic mass is 9.84. The largest absolute Gasteiger partial charge is 0.307 e. The molecule has 0 atom stereocenters. The van der Waals surface area contributed by atoms with Crippen molar-refractivity contribution < 1.29 is 4.79 Å². The zero-order chi connectivity index (χ0) is 14.8. The highest BCUT2D eigenvalue weighted by atomic mass is 16.2. The molecule has 1 amide bonds. The van der Waals surface area contributed by atoms with Gasteiger partial charge in [0.15, 0.2) is 5.82 Å². The molecular formula is C15H16N4O. The molecule has 1 heterocycles. The first-order valence-electron chi connectivity index (χ1n) is 6.26. The molecule has 1 N–H and O–H groups in total. The topological polar surface area (TPSA) is 70.7 Å². The number of nitrogens with zero attached hydrogens (tertiary/aromatic N) is 3. The van der Waals surface area contributed by atoms with Crippen LogP contribution in [0.2, 0.25) is 0 Å². The summed E-state index contributed by atoms with van der Waals surface area (Å²) in [5.41, 5.74) is 0.558. The lowest BCUT2D eigenvalue weighted by molar-refractivity contribution is -0.120. The van der Waals surface area contributed by atoms with Gasteiger partial charge in [-0.25, -0.2) is 0 Å². The van der Waals surface area contributed by atoms with Crippen LogP contribution in [-0.2, 0) is 17.3 Å². The van der Waals surface area contributed by atoms with Crippen molar-refractivity contribution in [1.29, 1.82) is 5.26 Å². The lowest BCUT2D eigenvalue weighted by Crippen LogP contribution is -2.35. The van der Waals surface area contributed by atoms with Crippen molar-refractivity contribution in [2.75, 3.05) is 5.32 Å². The van der Waals surface area contributed by atoms with E-state index in [2.05, 4.69) is 10.4 Å². The lowest BCUT2D eigenvalue weighted by Gasteiger charge is -2.23. The summed E-state index contributed by atoms with van der Waals surface area (Å²) < 4.78 is 1.50. The molecular weight excluding hydrogens is 252 g/mol. The van der Waals surface area contributed by atoms with E-state index in [1.807, 2.05) is 50.2 Å². The van der Waals surface area contributed by atoms with E-state index in [1.165, 1.54) is 4.68 Å². The van der Waals surface area contributed by atoms with Crippen LogP contribution in [0, 0.1) is 11.3 Å². The van der Waals surface area contributed by atoms with Gasteiger partial charge in [-0.2, -0.15) is 10.4 Å². The molecule has 0 saturated heterocycles. The van der Waals surface area contributed by atoms with Gasteiger partial charge in [0.2, 0.25) is 5.91 Å². The second-order valence-electron chi connectivity index (χ2n) is 5.12. The van der Waals surface area contributed by atoms with E-state index in [0.717, 1.165) is 5.56 Å². The maximum atomic E-state index is 12.4. The Kier molecular flexibility index (Phi) is 3.57. The Balaban J connectivity index is 2.26. The Morgan fingerprint density at radius 2 is 2.00 bits per heavy atom. The number of benzene rings is 1. The third-order valence-corrected chi connectivity index (χ3v) is 3.24. The summed E-state index contributed by atoms with van der Waals surface area (Å²) in [7, 11) is 1.71. The number of aryl methyl sites for hydroxylation is 1. The van der Waals surface area contributed by atoms with Crippen LogP contribution in [0.15, 0.2) is 36.5 Å². The molecule has 0 bridgehead atoms. The number of amides is 1. The van der Waals surface area contributed by atoms with Crippen molar-refractivity contribution in [1.82, 2.24) is 9.78 Å². The molecule has 0 aliphatic rings. The average Bonchev–Trinajstić information content (AvgIpc) is 2.79. The zero-order valence-electron chi connectivity index (χ0n) is 11.7. The molecule has 5 nitrogen and oxygen atoms in total. The quantitative estimate of drug-likeness (QED) is 0.927. The first-order chi connectivity index (χ1) is 9.45. The fourth-order valence-corrected chi connectivity index (χ4v) is 1.91. The molecule has 2 rings (SSSR count). The smallest absolute Gasteiger partial charge is 0.235 e. The van der Waals surface area contributed by atoms with Crippen molar-refractivity contribution in [3.63, 3.8) is 0 Å². The minimum Gasteiger partial charge on any atom is -0.307 e. The molecule has 1 aromatic heterocycles. The van der Waals surface area contributed by atoms with E-state index >= 15 is 0 Å². The number of nitrogens with one attached hydrogen (secondary N) is 1. The van der Waals surface area contributed by atoms with Crippen LogP contribution in [-0.4, -0.2) is 15.7 Å². The van der Waals surface area contributed by atoms with Gasteiger partial charge in [0, 0.05) is 13.2 Å². The number of hydrogen-bond acceptors (Lipinski definition) is 3. The standard InChI is InChI=1S/C15H16N4O/c1-15(2,12-7-5-4-6-8-12)14(20)17-13-11(9-16)10-19(3)18-13/h4-8,10H,1-3H3,(H,17,18,20). The van der Waals surface area contributed by atoms with E-state index in [9.17, 15) is 4.79 Å². The summed E-state index contributed by atoms with van der Waals surface area (Å²) in [6.07, 6.45) is 1.57. The summed E-state index contributed by atoms with van der Waals surface area (Å²) in [5, 5.41) is 15.8. The summed E-state index contributed by atoms with van der Waals surface area (Å²) in [5.74, 6) is 0.0999. The molecule has 0 aliphatic carbocycles. The number of carbonyl (C=O) groups is 1. The average molecular weight is 268 g/mol. The third kappa shape index (κ3) is 2.54. The van der Waals surface area contributed by atoms with Crippen LogP contribution in [0.25, 0.3) is 0 Å². The van der Waals surface area contributed by atoms with E-state index in [0.29, 0.717) is 11.4 Å². The molecule has 0 radical (unpaired) electrons. The number of nitriles is 1. The van der Waals surface area contributed by atoms with Crippen molar-refractivity contribution in [3.05, 3.63) is 47.7 Å². The van der Waals surface area contributed by atoms with Gasteiger partial charge in [-0.1, -0.05) is 30.3 Å². The van der Waals surface area contributed by atoms with Crippen LogP contribution in [0.3, 0.4) is 0 Å². The summed E-state index contributed by atoms with van der Waals surface area (Å²) in [4.78, 5) is 12.4. The van der Waals surface area contributed by atoms with Crippen LogP contribution >= 0.6 is 0 Å². The second kappa shape index (κ2) is 5.17. The number of carbonyl (C=O) groups excluding carboxylic acids is 1. The van der Waals surface area contributed by atoms with E-state index in [4.69, 9.17) is 5.26 Å². The van der Waals surface area contributed by atoms with Gasteiger partial charge < -0.3 is 5.32 Å². The third-order valence-electron chi connectivity index (χ3n) is 3.24. The predicted octanol–water partition coefficient (Wildman–Crippen LogP) is 2.21. The summed E-state index contributed by atoms with van der Waals surface area (Å²) >= 11 is 0. The van der Waals surface area contributed by atoms with Crippen LogP contribution in [0.4, 0.5) is 5.82 Å². The van der Waals surface area contributed by atoms with Gasteiger partial charge in [0.1, 0.15) is 11.6 Å². The summed E-state index contributed by atoms with van der Waals surface area (Å²) in [6, 6.07) is 11.5. The molecule has 0 aliphatic heterocycles. The van der Waals surface area contributed by atoms with Crippen molar-refractivity contribution in [2.24, 2.45) is 7.05 Å². The highest BCUT2D eigenvalue weighted by molar-refractivity contribution is 5.98. The fourth-order valence-electron chi connectivity index (χ4n) is 1.91. The Bertz CT molecular complexity index is 665. The van der Waals surface area contributed by atoms with Gasteiger partial charge in [-0.3, -0.25) is 9.48 Å². The molecule has 0 fully saturated rings. The molecule has 102 valence electrons. The number of aromatic nitrogens is 2. The highest BCUT2D eigenvalue weighted by Gasteiger charge is 2.30. The second-order valence-corrected chi connectivity index (χ2v) is 5.12. The van der Waals surface area contributed by atoms with Gasteiger partial charge in [0.05, 0.1) is 5.41 Å². The van der Waals surface area contributed by atoms with Gasteiger partial charge in [-0.15, -0.1) is 0 Å². The molecule has 0 spiro atoms. The zero-order valence-corrected chi connectivity index (χ0v) is 11.7. The highest BCUT2D eigenvalue weighted by Crippen LogP contribution is 2.25. The minimum absolute atomic E-state index is 0.195. The monoisotopic (exact) mass is 268 g/mol. The van der Waals surface area contributed by atoms with Gasteiger partial charge in [0.25, 0.3) is 0 Å². The normalized spacial score (nSPS) is 10.9. The van der Waals surface area contributed by atoms with E-state index in [1.54, 1.807) is 13.2 Å². The van der Waals surface area contributed by atoms with Gasteiger partial charge in [-0.05, 0) is 19.4 Å². The summed E-state index contributed by atoms with van der Waals surface area (Å²) in [6.45, 7) is 3.68. The molecule has 0 saturated carbocycles. The van der Waals surface area contributed by atoms with Crippen LogP contribution < -0.4 is 5.32 Å². The van der Waals surface area contributed by atoms with Crippen molar-refractivity contribution >= 4 is 11.7 Å². The maximum Gasteiger partial charge on any atom is 0.235 e. The van der Waals surface area contributed by atoms with Crippen molar-refractivity contribution in [2.45, 2.75) is 19.3 Å². The Morgan fingerprint density at radius 3 is 2.60 bits per heavy atom. The Morgan fingerprint density at radius 1 is 1.35 bits per heavy atom. The Labute approximate surface area is 117 Å². The molecule has 2 aromatic rings. The van der Waals surface area contributed by atoms with Gasteiger partial charge >= 0.3 is 0 Å². The van der Waals surface area contributed by atoms with E-state index < -0.39 is 5.41 Å². The Hall–Kier alpha value is -2.61. The predicted molar refractivity (Wildman–Crippen MR) is 76.0 cm³/mol. The first-order valence-corrected chi connectivity index (χ1v) is 6.26. The van der Waals surface area contributed by atoms with E-state index in [-0.39, 0.29) is 5.91 Å². The number of anilines is 1. The number of rotatable bonds is 3. The van der Waals surface area contributed by atoms with Crippen LogP contribution in [0.1, 0.15) is 25.0 Å². The molecule has 5 heteroatoms. The molecule has 1 aromatic carbocycles. The minimum atomic E-state index is -0.703. The molecule has 0 unspecified atom stereocenters. The van der Waals surface area contributed by atoms with Crippen molar-refractivity contribution in [3.8, 4) is 6.07 Å². The van der Waals surface area contributed by atoms with Crippen LogP contribution in [0.5, 0.6) is 0 Å². The first kappa shape index (κ1) is 13.8. The maximum absolute atomic E-state index is 12.4. The number of hydrogen-bond donors (Lipinski definition) is 1. The molecule has 20 heavy (non-hydrogen) atoms.